The summed E-state index contributed by atoms with van der Waals surface area (Å²) in [4.78, 5) is 23.1. The highest BCUT2D eigenvalue weighted by Crippen LogP contribution is 2.47. The molecule has 2 N–H and O–H groups in total. The SMILES string of the molecule is CCCCC1(C(=O)O)CC(C)=C(C)CC1C(=O)O. The first-order valence-corrected chi connectivity index (χ1v) is 6.46. The summed E-state index contributed by atoms with van der Waals surface area (Å²) in [6, 6.07) is 0. The van der Waals surface area contributed by atoms with E-state index in [-0.39, 0.29) is 0 Å². The second-order valence-corrected chi connectivity index (χ2v) is 5.40. The van der Waals surface area contributed by atoms with Gasteiger partial charge in [0.15, 0.2) is 0 Å². The molecule has 2 atom stereocenters. The van der Waals surface area contributed by atoms with Crippen molar-refractivity contribution in [2.45, 2.75) is 52.9 Å². The zero-order chi connectivity index (χ0) is 13.9. The second-order valence-electron chi connectivity index (χ2n) is 5.40. The van der Waals surface area contributed by atoms with Crippen LogP contribution in [0.1, 0.15) is 52.9 Å². The number of aliphatic carboxylic acids is 2. The molecule has 0 aliphatic heterocycles. The van der Waals surface area contributed by atoms with Crippen molar-refractivity contribution in [2.24, 2.45) is 11.3 Å². The van der Waals surface area contributed by atoms with Crippen LogP contribution < -0.4 is 0 Å². The maximum atomic E-state index is 11.7. The molecule has 0 saturated heterocycles. The Bertz CT molecular complexity index is 383. The summed E-state index contributed by atoms with van der Waals surface area (Å²) in [7, 11) is 0. The topological polar surface area (TPSA) is 74.6 Å². The average molecular weight is 254 g/mol. The van der Waals surface area contributed by atoms with E-state index in [4.69, 9.17) is 0 Å². The van der Waals surface area contributed by atoms with Crippen LogP contribution in [0.4, 0.5) is 0 Å². The molecule has 0 bridgehead atoms. The van der Waals surface area contributed by atoms with Gasteiger partial charge in [0, 0.05) is 0 Å². The fourth-order valence-corrected chi connectivity index (χ4v) is 2.83. The zero-order valence-electron chi connectivity index (χ0n) is 11.3. The lowest BCUT2D eigenvalue weighted by molar-refractivity contribution is -0.164. The maximum absolute atomic E-state index is 11.7. The van der Waals surface area contributed by atoms with E-state index >= 15 is 0 Å². The molecular formula is C14H22O4. The minimum atomic E-state index is -1.12. The van der Waals surface area contributed by atoms with Gasteiger partial charge in [-0.15, -0.1) is 0 Å². The third kappa shape index (κ3) is 2.57. The van der Waals surface area contributed by atoms with Gasteiger partial charge in [-0.3, -0.25) is 9.59 Å². The van der Waals surface area contributed by atoms with Crippen molar-refractivity contribution >= 4 is 11.9 Å². The maximum Gasteiger partial charge on any atom is 0.310 e. The van der Waals surface area contributed by atoms with Crippen LogP contribution in [0.3, 0.4) is 0 Å². The van der Waals surface area contributed by atoms with Gasteiger partial charge in [0.2, 0.25) is 0 Å². The first-order valence-electron chi connectivity index (χ1n) is 6.46. The van der Waals surface area contributed by atoms with Crippen molar-refractivity contribution in [1.82, 2.24) is 0 Å². The molecule has 0 aromatic rings. The van der Waals surface area contributed by atoms with Crippen LogP contribution in [-0.4, -0.2) is 22.2 Å². The molecule has 0 radical (unpaired) electrons. The number of allylic oxidation sites excluding steroid dienone is 2. The van der Waals surface area contributed by atoms with Crippen molar-refractivity contribution in [1.29, 1.82) is 0 Å². The number of hydrogen-bond acceptors (Lipinski definition) is 2. The smallest absolute Gasteiger partial charge is 0.310 e. The molecule has 1 aliphatic carbocycles. The summed E-state index contributed by atoms with van der Waals surface area (Å²) in [6.45, 7) is 5.80. The summed E-state index contributed by atoms with van der Waals surface area (Å²) >= 11 is 0. The number of unbranched alkanes of at least 4 members (excludes halogenated alkanes) is 1. The molecule has 0 spiro atoms. The molecule has 0 amide bonds. The van der Waals surface area contributed by atoms with E-state index in [2.05, 4.69) is 0 Å². The van der Waals surface area contributed by atoms with Crippen LogP contribution in [0.5, 0.6) is 0 Å². The fourth-order valence-electron chi connectivity index (χ4n) is 2.83. The van der Waals surface area contributed by atoms with Crippen molar-refractivity contribution in [3.05, 3.63) is 11.1 Å². The average Bonchev–Trinajstić information content (AvgIpc) is 2.29. The van der Waals surface area contributed by atoms with Gasteiger partial charge in [0.25, 0.3) is 0 Å². The number of carboxylic acid groups (broad SMARTS) is 2. The molecule has 1 aliphatic rings. The molecule has 4 nitrogen and oxygen atoms in total. The Morgan fingerprint density at radius 2 is 1.89 bits per heavy atom. The van der Waals surface area contributed by atoms with Crippen LogP contribution in [0.25, 0.3) is 0 Å². The largest absolute Gasteiger partial charge is 0.481 e. The van der Waals surface area contributed by atoms with Crippen molar-refractivity contribution in [3.8, 4) is 0 Å². The van der Waals surface area contributed by atoms with Gasteiger partial charge in [-0.1, -0.05) is 30.9 Å². The Hall–Kier alpha value is -1.32. The van der Waals surface area contributed by atoms with E-state index in [9.17, 15) is 19.8 Å². The predicted octanol–water partition coefficient (Wildman–Crippen LogP) is 3.08. The van der Waals surface area contributed by atoms with Crippen LogP contribution >= 0.6 is 0 Å². The molecule has 0 heterocycles. The molecular weight excluding hydrogens is 232 g/mol. The quantitative estimate of drug-likeness (QED) is 0.739. The summed E-state index contributed by atoms with van der Waals surface area (Å²) in [5.74, 6) is -2.75. The van der Waals surface area contributed by atoms with Gasteiger partial charge in [-0.25, -0.2) is 0 Å². The Balaban J connectivity index is 3.18. The summed E-state index contributed by atoms with van der Waals surface area (Å²) in [6.07, 6.45) is 2.80. The van der Waals surface area contributed by atoms with Crippen LogP contribution in [-0.2, 0) is 9.59 Å². The highest BCUT2D eigenvalue weighted by Gasteiger charge is 2.51. The molecule has 0 aromatic heterocycles. The van der Waals surface area contributed by atoms with E-state index in [0.717, 1.165) is 24.0 Å². The van der Waals surface area contributed by atoms with E-state index in [1.54, 1.807) is 0 Å². The van der Waals surface area contributed by atoms with E-state index in [0.29, 0.717) is 19.3 Å². The third-order valence-electron chi connectivity index (χ3n) is 4.19. The normalized spacial score (nSPS) is 28.3. The van der Waals surface area contributed by atoms with Gasteiger partial charge >= 0.3 is 11.9 Å². The second kappa shape index (κ2) is 5.55. The monoisotopic (exact) mass is 254 g/mol. The van der Waals surface area contributed by atoms with Gasteiger partial charge < -0.3 is 10.2 Å². The zero-order valence-corrected chi connectivity index (χ0v) is 11.3. The first kappa shape index (κ1) is 14.7. The number of rotatable bonds is 5. The molecule has 1 rings (SSSR count). The number of carboxylic acids is 2. The lowest BCUT2D eigenvalue weighted by atomic mass is 9.62. The molecule has 0 aromatic carbocycles. The Kier molecular flexibility index (Phi) is 4.54. The lowest BCUT2D eigenvalue weighted by Gasteiger charge is -2.39. The van der Waals surface area contributed by atoms with Gasteiger partial charge in [0.1, 0.15) is 0 Å². The number of carbonyl (C=O) groups is 2. The van der Waals surface area contributed by atoms with E-state index in [1.165, 1.54) is 0 Å². The van der Waals surface area contributed by atoms with Crippen molar-refractivity contribution in [2.75, 3.05) is 0 Å². The van der Waals surface area contributed by atoms with E-state index < -0.39 is 23.3 Å². The molecule has 4 heteroatoms. The summed E-state index contributed by atoms with van der Waals surface area (Å²) in [5, 5.41) is 18.9. The third-order valence-corrected chi connectivity index (χ3v) is 4.19. The first-order chi connectivity index (χ1) is 8.35. The summed E-state index contributed by atoms with van der Waals surface area (Å²) in [5.41, 5.74) is 0.938. The standard InChI is InChI=1S/C14H22O4/c1-4-5-6-14(13(17)18)8-10(3)9(2)7-11(14)12(15)16/h11H,4-8H2,1-3H3,(H,15,16)(H,17,18). The predicted molar refractivity (Wildman–Crippen MR) is 68.3 cm³/mol. The van der Waals surface area contributed by atoms with Gasteiger partial charge in [-0.05, 0) is 33.1 Å². The molecule has 0 saturated carbocycles. The molecule has 102 valence electrons. The molecule has 2 unspecified atom stereocenters. The Morgan fingerprint density at radius 3 is 2.33 bits per heavy atom. The van der Waals surface area contributed by atoms with Crippen LogP contribution in [0, 0.1) is 11.3 Å². The minimum absolute atomic E-state index is 0.358. The molecule has 0 fully saturated rings. The van der Waals surface area contributed by atoms with Crippen molar-refractivity contribution < 1.29 is 19.8 Å². The fraction of sp³-hybridized carbons (Fsp3) is 0.714. The lowest BCUT2D eigenvalue weighted by Crippen LogP contribution is -2.45. The highest BCUT2D eigenvalue weighted by atomic mass is 16.4. The molecule has 18 heavy (non-hydrogen) atoms. The van der Waals surface area contributed by atoms with Crippen molar-refractivity contribution in [3.63, 3.8) is 0 Å². The van der Waals surface area contributed by atoms with Gasteiger partial charge in [-0.2, -0.15) is 0 Å². The highest BCUT2D eigenvalue weighted by molar-refractivity contribution is 5.84. The Morgan fingerprint density at radius 1 is 1.28 bits per heavy atom. The van der Waals surface area contributed by atoms with Crippen LogP contribution in [0.2, 0.25) is 0 Å². The Labute approximate surface area is 108 Å². The van der Waals surface area contributed by atoms with Crippen LogP contribution in [0.15, 0.2) is 11.1 Å². The van der Waals surface area contributed by atoms with E-state index in [1.807, 2.05) is 20.8 Å². The number of hydrogen-bond donors (Lipinski definition) is 2. The summed E-state index contributed by atoms with van der Waals surface area (Å²) < 4.78 is 0. The minimum Gasteiger partial charge on any atom is -0.481 e. The van der Waals surface area contributed by atoms with Gasteiger partial charge in [0.05, 0.1) is 11.3 Å².